The van der Waals surface area contributed by atoms with Crippen LogP contribution < -0.4 is 25.5 Å². The molecular formula is C40H30OSi. The van der Waals surface area contributed by atoms with E-state index in [1.54, 1.807) is 0 Å². The minimum Gasteiger partial charge on any atom is -0.460 e. The number of fused-ring (bicyclic) bond motifs is 5. The highest BCUT2D eigenvalue weighted by Crippen LogP contribution is 2.51. The van der Waals surface area contributed by atoms with Crippen molar-refractivity contribution in [3.63, 3.8) is 0 Å². The molecule has 6 aromatic rings. The summed E-state index contributed by atoms with van der Waals surface area (Å²) in [5.41, 5.74) is 7.59. The second-order valence-corrected chi connectivity index (χ2v) is 15.2. The highest BCUT2D eigenvalue weighted by Gasteiger charge is 2.41. The molecule has 1 atom stereocenters. The normalized spacial score (nSPS) is 14.9. The third-order valence-corrected chi connectivity index (χ3v) is 13.8. The van der Waals surface area contributed by atoms with E-state index in [1.165, 1.54) is 54.1 Å². The summed E-state index contributed by atoms with van der Waals surface area (Å²) in [5.74, 6) is 2.20. The lowest BCUT2D eigenvalue weighted by atomic mass is 9.89. The second kappa shape index (κ2) is 9.87. The van der Waals surface area contributed by atoms with Crippen LogP contribution in [0.3, 0.4) is 0 Å². The third kappa shape index (κ3) is 3.76. The summed E-state index contributed by atoms with van der Waals surface area (Å²) in [6.07, 6.45) is 2.20. The topological polar surface area (TPSA) is 9.23 Å². The Morgan fingerprint density at radius 1 is 0.524 bits per heavy atom. The van der Waals surface area contributed by atoms with Gasteiger partial charge in [-0.05, 0) is 73.7 Å². The van der Waals surface area contributed by atoms with Crippen molar-refractivity contribution in [2.24, 2.45) is 0 Å². The fourth-order valence-corrected chi connectivity index (χ4v) is 11.9. The van der Waals surface area contributed by atoms with E-state index < -0.39 is 8.07 Å². The van der Waals surface area contributed by atoms with Crippen LogP contribution in [0.5, 0.6) is 5.75 Å². The van der Waals surface area contributed by atoms with Gasteiger partial charge in [0, 0.05) is 5.56 Å². The molecule has 1 nitrogen and oxygen atoms in total. The van der Waals surface area contributed by atoms with Crippen molar-refractivity contribution in [3.05, 3.63) is 180 Å². The van der Waals surface area contributed by atoms with Gasteiger partial charge in [-0.3, -0.25) is 0 Å². The van der Waals surface area contributed by atoms with Gasteiger partial charge in [-0.15, -0.1) is 0 Å². The Morgan fingerprint density at radius 2 is 1.10 bits per heavy atom. The molecule has 0 aromatic heterocycles. The summed E-state index contributed by atoms with van der Waals surface area (Å²) in [6.45, 7) is 2.21. The van der Waals surface area contributed by atoms with E-state index in [0.29, 0.717) is 0 Å². The van der Waals surface area contributed by atoms with Gasteiger partial charge >= 0.3 is 0 Å². The predicted octanol–water partition coefficient (Wildman–Crippen LogP) is 6.92. The summed E-state index contributed by atoms with van der Waals surface area (Å²) < 4.78 is 6.40. The summed E-state index contributed by atoms with van der Waals surface area (Å²) in [6, 6.07) is 56.0. The van der Waals surface area contributed by atoms with Gasteiger partial charge in [-0.2, -0.15) is 0 Å². The zero-order valence-electron chi connectivity index (χ0n) is 23.5. The van der Waals surface area contributed by atoms with E-state index in [2.05, 4.69) is 165 Å². The lowest BCUT2D eigenvalue weighted by Gasteiger charge is -2.34. The number of allylic oxidation sites excluding steroid dienone is 1. The van der Waals surface area contributed by atoms with Crippen molar-refractivity contribution in [1.29, 1.82) is 0 Å². The fourth-order valence-electron chi connectivity index (χ4n) is 7.14. The maximum atomic E-state index is 6.40. The van der Waals surface area contributed by atoms with Crippen molar-refractivity contribution in [2.75, 3.05) is 0 Å². The van der Waals surface area contributed by atoms with Gasteiger partial charge in [0.05, 0.1) is 5.92 Å². The number of hydrogen-bond acceptors (Lipinski definition) is 1. The lowest BCUT2D eigenvalue weighted by molar-refractivity contribution is 0.445. The van der Waals surface area contributed by atoms with Crippen LogP contribution in [-0.2, 0) is 0 Å². The molecule has 42 heavy (non-hydrogen) atoms. The van der Waals surface area contributed by atoms with Gasteiger partial charge in [0.2, 0.25) is 0 Å². The first kappa shape index (κ1) is 24.8. The molecule has 0 N–H and O–H groups in total. The summed E-state index contributed by atoms with van der Waals surface area (Å²) in [5, 5.41) is 5.54. The Morgan fingerprint density at radius 3 is 1.74 bits per heavy atom. The molecule has 1 aliphatic carbocycles. The minimum absolute atomic E-state index is 0.171. The molecule has 1 aliphatic heterocycles. The molecule has 0 amide bonds. The van der Waals surface area contributed by atoms with Crippen molar-refractivity contribution >= 4 is 34.9 Å². The van der Waals surface area contributed by atoms with E-state index in [4.69, 9.17) is 4.74 Å². The average Bonchev–Trinajstić information content (AvgIpc) is 3.58. The highest BCUT2D eigenvalue weighted by atomic mass is 28.3. The molecule has 0 fully saturated rings. The Kier molecular flexibility index (Phi) is 5.83. The maximum absolute atomic E-state index is 6.40. The first-order valence-electron chi connectivity index (χ1n) is 14.6. The molecule has 1 heterocycles. The summed E-state index contributed by atoms with van der Waals surface area (Å²) in [4.78, 5) is 0. The molecule has 0 radical (unpaired) electrons. The monoisotopic (exact) mass is 554 g/mol. The molecule has 2 heteroatoms. The molecular weight excluding hydrogens is 525 g/mol. The van der Waals surface area contributed by atoms with Crippen molar-refractivity contribution < 1.29 is 4.74 Å². The maximum Gasteiger partial charge on any atom is 0.179 e. The minimum atomic E-state index is -2.60. The van der Waals surface area contributed by atoms with Crippen LogP contribution in [0.15, 0.2) is 157 Å². The Hall–Kier alpha value is -4.92. The smallest absolute Gasteiger partial charge is 0.179 e. The van der Waals surface area contributed by atoms with E-state index in [9.17, 15) is 0 Å². The average molecular weight is 555 g/mol. The molecule has 0 bridgehead atoms. The summed E-state index contributed by atoms with van der Waals surface area (Å²) in [7, 11) is -2.60. The number of ether oxygens (including phenoxy) is 1. The zero-order chi connectivity index (χ0) is 28.1. The first-order chi connectivity index (χ1) is 20.7. The fraction of sp³-hybridized carbons (Fsp3) is 0.0500. The van der Waals surface area contributed by atoms with Crippen LogP contribution in [0.4, 0.5) is 0 Å². The first-order valence-corrected chi connectivity index (χ1v) is 16.6. The molecule has 2 aliphatic rings. The van der Waals surface area contributed by atoms with Gasteiger partial charge in [-0.25, -0.2) is 0 Å². The summed E-state index contributed by atoms with van der Waals surface area (Å²) >= 11 is 0. The van der Waals surface area contributed by atoms with Gasteiger partial charge < -0.3 is 4.74 Å². The number of benzene rings is 6. The van der Waals surface area contributed by atoms with Crippen molar-refractivity contribution in [1.82, 2.24) is 0 Å². The Bertz CT molecular complexity index is 1860. The van der Waals surface area contributed by atoms with E-state index >= 15 is 0 Å². The molecule has 0 saturated heterocycles. The van der Waals surface area contributed by atoms with Gasteiger partial charge in [0.25, 0.3) is 0 Å². The van der Waals surface area contributed by atoms with Crippen molar-refractivity contribution in [2.45, 2.75) is 12.8 Å². The molecule has 6 aromatic carbocycles. The Balaban J connectivity index is 1.34. The largest absolute Gasteiger partial charge is 0.460 e. The Labute approximate surface area is 248 Å². The molecule has 200 valence electrons. The SMILES string of the molecule is Cc1cc2c(cc1-c1cccc([Si](c3ccccc3)(c3ccccc3)c3ccccc3)c1)C1C(=Cc3ccccc31)O2. The number of hydrogen-bond donors (Lipinski definition) is 0. The van der Waals surface area contributed by atoms with Crippen molar-refractivity contribution in [3.8, 4) is 16.9 Å². The van der Waals surface area contributed by atoms with Crippen LogP contribution in [0.2, 0.25) is 0 Å². The number of aryl methyl sites for hydroxylation is 1. The lowest BCUT2D eigenvalue weighted by Crippen LogP contribution is -2.74. The molecule has 0 saturated carbocycles. The van der Waals surface area contributed by atoms with Crippen LogP contribution in [0.1, 0.15) is 28.2 Å². The second-order valence-electron chi connectivity index (χ2n) is 11.3. The van der Waals surface area contributed by atoms with Crippen LogP contribution in [-0.4, -0.2) is 8.07 Å². The molecule has 8 rings (SSSR count). The third-order valence-electron chi connectivity index (χ3n) is 9.01. The van der Waals surface area contributed by atoms with Gasteiger partial charge in [0.15, 0.2) is 8.07 Å². The number of rotatable bonds is 5. The van der Waals surface area contributed by atoms with E-state index in [1.807, 2.05) is 0 Å². The quantitative estimate of drug-likeness (QED) is 0.166. The predicted molar refractivity (Wildman–Crippen MR) is 177 cm³/mol. The highest BCUT2D eigenvalue weighted by molar-refractivity contribution is 7.19. The zero-order valence-corrected chi connectivity index (χ0v) is 24.5. The van der Waals surface area contributed by atoms with Crippen LogP contribution in [0.25, 0.3) is 17.2 Å². The van der Waals surface area contributed by atoms with Gasteiger partial charge in [-0.1, -0.05) is 140 Å². The van der Waals surface area contributed by atoms with Crippen LogP contribution >= 0.6 is 0 Å². The van der Waals surface area contributed by atoms with Gasteiger partial charge in [0.1, 0.15) is 11.5 Å². The molecule has 0 spiro atoms. The van der Waals surface area contributed by atoms with E-state index in [0.717, 1.165) is 11.5 Å². The van der Waals surface area contributed by atoms with E-state index in [-0.39, 0.29) is 5.92 Å². The molecule has 1 unspecified atom stereocenters. The van der Waals surface area contributed by atoms with Crippen LogP contribution in [0, 0.1) is 6.92 Å². The standard InChI is InChI=1S/C40H30OSi/c1-28-24-38-37(40-35-23-12-11-14-30(35)26-39(40)41-38)27-36(28)29-15-13-22-34(25-29)42(31-16-5-2-6-17-31,32-18-7-3-8-19-32)33-20-9-4-10-21-33/h2-27,40H,1H3.